The topological polar surface area (TPSA) is 38.3 Å². The number of nitrogens with one attached hydrogen (secondary N) is 1. The molecule has 1 N–H and O–H groups in total. The minimum absolute atomic E-state index is 0.0746. The second-order valence-electron chi connectivity index (χ2n) is 6.86. The van der Waals surface area contributed by atoms with Crippen LogP contribution in [0.1, 0.15) is 43.2 Å². The number of para-hydroxylation sites is 1. The Balaban J connectivity index is 1.73. The molecule has 4 rings (SSSR count). The summed E-state index contributed by atoms with van der Waals surface area (Å²) in [4.78, 5) is 13.4. The Morgan fingerprint density at radius 2 is 1.67 bits per heavy atom. The van der Waals surface area contributed by atoms with E-state index in [1.165, 1.54) is 19.3 Å². The number of carbonyl (C=O) groups is 1. The molecular weight excluding hydrogens is 298 g/mol. The highest BCUT2D eigenvalue weighted by molar-refractivity contribution is 5.94. The van der Waals surface area contributed by atoms with E-state index in [0.29, 0.717) is 12.6 Å². The average molecular weight is 321 g/mol. The Morgan fingerprint density at radius 3 is 2.46 bits per heavy atom. The van der Waals surface area contributed by atoms with Gasteiger partial charge in [0.1, 0.15) is 17.8 Å². The molecule has 24 heavy (non-hydrogen) atoms. The van der Waals surface area contributed by atoms with Crippen molar-refractivity contribution in [2.45, 2.75) is 43.6 Å². The van der Waals surface area contributed by atoms with Crippen molar-refractivity contribution in [1.82, 2.24) is 5.32 Å². The molecule has 2 aromatic rings. The Kier molecular flexibility index (Phi) is 4.01. The molecule has 0 radical (unpaired) electrons. The van der Waals surface area contributed by atoms with E-state index in [-0.39, 0.29) is 5.91 Å². The van der Waals surface area contributed by atoms with E-state index in [1.54, 1.807) is 0 Å². The third kappa shape index (κ3) is 2.48. The molecule has 1 saturated carbocycles. The quantitative estimate of drug-likeness (QED) is 0.933. The van der Waals surface area contributed by atoms with Crippen LogP contribution in [0.3, 0.4) is 0 Å². The second kappa shape index (κ2) is 6.31. The Bertz CT molecular complexity index is 722. The maximum absolute atomic E-state index is 13.4. The predicted molar refractivity (Wildman–Crippen MR) is 94.2 cm³/mol. The number of carbonyl (C=O) groups excluding carboxylic acids is 1. The summed E-state index contributed by atoms with van der Waals surface area (Å²) in [5.41, 5.74) is 1.24. The van der Waals surface area contributed by atoms with Crippen LogP contribution in [-0.4, -0.2) is 18.6 Å². The smallest absolute Gasteiger partial charge is 0.239 e. The molecule has 1 aliphatic heterocycles. The maximum atomic E-state index is 13.4. The number of ether oxygens (including phenoxy) is 1. The van der Waals surface area contributed by atoms with Crippen LogP contribution in [0.2, 0.25) is 0 Å². The van der Waals surface area contributed by atoms with Gasteiger partial charge in [-0.3, -0.25) is 4.79 Å². The second-order valence-corrected chi connectivity index (χ2v) is 6.86. The van der Waals surface area contributed by atoms with Crippen LogP contribution in [-0.2, 0) is 10.2 Å². The van der Waals surface area contributed by atoms with Gasteiger partial charge in [-0.2, -0.15) is 0 Å². The molecule has 1 unspecified atom stereocenters. The summed E-state index contributed by atoms with van der Waals surface area (Å²) in [6.07, 6.45) is 5.85. The lowest BCUT2D eigenvalue weighted by atomic mass is 9.75. The molecule has 2 aromatic carbocycles. The molecule has 2 aliphatic rings. The molecule has 1 atom stereocenters. The van der Waals surface area contributed by atoms with Crippen molar-refractivity contribution < 1.29 is 9.53 Å². The van der Waals surface area contributed by atoms with Gasteiger partial charge in [0, 0.05) is 11.6 Å². The highest BCUT2D eigenvalue weighted by atomic mass is 16.5. The summed E-state index contributed by atoms with van der Waals surface area (Å²) < 4.78 is 5.92. The van der Waals surface area contributed by atoms with Gasteiger partial charge in [0.15, 0.2) is 0 Å². The first-order chi connectivity index (χ1) is 11.8. The van der Waals surface area contributed by atoms with Crippen molar-refractivity contribution in [2.24, 2.45) is 0 Å². The average Bonchev–Trinajstić information content (AvgIpc) is 3.04. The van der Waals surface area contributed by atoms with Gasteiger partial charge in [-0.1, -0.05) is 67.8 Å². The minimum Gasteiger partial charge on any atom is -0.491 e. The fraction of sp³-hybridized carbons (Fsp3) is 0.381. The fourth-order valence-electron chi connectivity index (χ4n) is 4.04. The number of benzene rings is 2. The predicted octanol–water partition coefficient (Wildman–Crippen LogP) is 3.81. The first kappa shape index (κ1) is 15.3. The van der Waals surface area contributed by atoms with E-state index in [9.17, 15) is 4.79 Å². The first-order valence-electron chi connectivity index (χ1n) is 8.89. The summed E-state index contributed by atoms with van der Waals surface area (Å²) >= 11 is 0. The lowest BCUT2D eigenvalue weighted by Gasteiger charge is -2.31. The fourth-order valence-corrected chi connectivity index (χ4v) is 4.04. The van der Waals surface area contributed by atoms with Crippen LogP contribution in [0.5, 0.6) is 5.75 Å². The normalized spacial score (nSPS) is 23.3. The van der Waals surface area contributed by atoms with E-state index in [2.05, 4.69) is 5.32 Å². The van der Waals surface area contributed by atoms with E-state index >= 15 is 0 Å². The van der Waals surface area contributed by atoms with Gasteiger partial charge >= 0.3 is 0 Å². The van der Waals surface area contributed by atoms with E-state index in [0.717, 1.165) is 29.7 Å². The van der Waals surface area contributed by atoms with Gasteiger partial charge in [0.05, 0.1) is 0 Å². The molecule has 1 fully saturated rings. The summed E-state index contributed by atoms with van der Waals surface area (Å²) in [5, 5.41) is 3.32. The van der Waals surface area contributed by atoms with E-state index < -0.39 is 5.41 Å². The molecule has 0 bridgehead atoms. The first-order valence-corrected chi connectivity index (χ1v) is 8.89. The number of rotatable bonds is 3. The molecule has 0 spiro atoms. The number of fused-ring (bicyclic) bond motifs is 1. The standard InChI is InChI=1S/C21H23NO2/c23-20(22-17-11-5-2-6-12-17)21(16-9-3-1-4-10-16)15-24-19-14-8-7-13-18(19)21/h1,3-4,7-10,13-14,17H,2,5-6,11-12,15H2,(H,22,23). The highest BCUT2D eigenvalue weighted by Crippen LogP contribution is 2.43. The van der Waals surface area contributed by atoms with Gasteiger partial charge in [-0.15, -0.1) is 0 Å². The van der Waals surface area contributed by atoms with Crippen molar-refractivity contribution in [2.75, 3.05) is 6.61 Å². The van der Waals surface area contributed by atoms with E-state index in [1.807, 2.05) is 54.6 Å². The van der Waals surface area contributed by atoms with Crippen molar-refractivity contribution in [3.8, 4) is 5.75 Å². The van der Waals surface area contributed by atoms with Crippen LogP contribution in [0.25, 0.3) is 0 Å². The van der Waals surface area contributed by atoms with Gasteiger partial charge in [0.25, 0.3) is 0 Å². The monoisotopic (exact) mass is 321 g/mol. The zero-order valence-electron chi connectivity index (χ0n) is 13.8. The molecule has 3 nitrogen and oxygen atoms in total. The Hall–Kier alpha value is -2.29. The highest BCUT2D eigenvalue weighted by Gasteiger charge is 2.49. The van der Waals surface area contributed by atoms with Gasteiger partial charge in [0.2, 0.25) is 5.91 Å². The van der Waals surface area contributed by atoms with Gasteiger partial charge < -0.3 is 10.1 Å². The molecule has 124 valence electrons. The van der Waals surface area contributed by atoms with Gasteiger partial charge in [-0.05, 0) is 24.5 Å². The van der Waals surface area contributed by atoms with E-state index in [4.69, 9.17) is 4.74 Å². The molecule has 1 amide bonds. The molecule has 1 aliphatic carbocycles. The number of amides is 1. The maximum Gasteiger partial charge on any atom is 0.239 e. The van der Waals surface area contributed by atoms with Crippen molar-refractivity contribution in [3.05, 3.63) is 65.7 Å². The SMILES string of the molecule is O=C(NC1CCCCC1)C1(c2ccccc2)COc2ccccc21. The third-order valence-corrected chi connectivity index (χ3v) is 5.39. The molecule has 0 aromatic heterocycles. The van der Waals surface area contributed by atoms with Crippen LogP contribution in [0.15, 0.2) is 54.6 Å². The summed E-state index contributed by atoms with van der Waals surface area (Å²) in [6, 6.07) is 18.2. The van der Waals surface area contributed by atoms with Crippen molar-refractivity contribution in [1.29, 1.82) is 0 Å². The number of hydrogen-bond acceptors (Lipinski definition) is 2. The minimum atomic E-state index is -0.741. The van der Waals surface area contributed by atoms with Crippen molar-refractivity contribution >= 4 is 5.91 Å². The summed E-state index contributed by atoms with van der Waals surface area (Å²) in [7, 11) is 0. The van der Waals surface area contributed by atoms with Crippen LogP contribution in [0, 0.1) is 0 Å². The largest absolute Gasteiger partial charge is 0.491 e. The molecule has 1 heterocycles. The molecular formula is C21H23NO2. The Labute approximate surface area is 143 Å². The molecule has 0 saturated heterocycles. The summed E-state index contributed by atoms with van der Waals surface area (Å²) in [5.74, 6) is 0.894. The lowest BCUT2D eigenvalue weighted by molar-refractivity contribution is -0.126. The summed E-state index contributed by atoms with van der Waals surface area (Å²) in [6.45, 7) is 0.370. The zero-order chi connectivity index (χ0) is 16.4. The van der Waals surface area contributed by atoms with Crippen LogP contribution < -0.4 is 10.1 Å². The van der Waals surface area contributed by atoms with Crippen LogP contribution >= 0.6 is 0 Å². The van der Waals surface area contributed by atoms with Gasteiger partial charge in [-0.25, -0.2) is 0 Å². The zero-order valence-corrected chi connectivity index (χ0v) is 13.8. The Morgan fingerprint density at radius 1 is 0.958 bits per heavy atom. The third-order valence-electron chi connectivity index (χ3n) is 5.39. The van der Waals surface area contributed by atoms with Crippen LogP contribution in [0.4, 0.5) is 0 Å². The number of hydrogen-bond donors (Lipinski definition) is 1. The lowest BCUT2D eigenvalue weighted by Crippen LogP contribution is -2.50. The molecule has 3 heteroatoms. The van der Waals surface area contributed by atoms with Crippen molar-refractivity contribution in [3.63, 3.8) is 0 Å².